The first-order valence-electron chi connectivity index (χ1n) is 3.92. The Labute approximate surface area is 75.3 Å². The van der Waals surface area contributed by atoms with Gasteiger partial charge in [0.15, 0.2) is 0 Å². The van der Waals surface area contributed by atoms with Crippen LogP contribution in [0.3, 0.4) is 0 Å². The first-order valence-corrected chi connectivity index (χ1v) is 4.29. The molecule has 0 spiro atoms. The molecule has 3 heteroatoms. The molecule has 1 aromatic carbocycles. The fraction of sp³-hybridized carbons (Fsp3) is 0.333. The molecule has 0 fully saturated rings. The van der Waals surface area contributed by atoms with E-state index < -0.39 is 0 Å². The fourth-order valence-electron chi connectivity index (χ4n) is 1.67. The standard InChI is InChI=1S/C9H9ClFN/c10-5-3-7-6(8(11)4-5)1-2-9(7)12/h3-4,9H,1-2,12H2/t9-/m0/s1. The lowest BCUT2D eigenvalue weighted by Crippen LogP contribution is -2.05. The van der Waals surface area contributed by atoms with Crippen molar-refractivity contribution in [3.63, 3.8) is 0 Å². The average molecular weight is 186 g/mol. The van der Waals surface area contributed by atoms with Crippen molar-refractivity contribution >= 4 is 11.6 Å². The molecule has 0 saturated carbocycles. The van der Waals surface area contributed by atoms with E-state index in [0.717, 1.165) is 24.0 Å². The summed E-state index contributed by atoms with van der Waals surface area (Å²) >= 11 is 5.70. The van der Waals surface area contributed by atoms with Gasteiger partial charge in [0.2, 0.25) is 0 Å². The summed E-state index contributed by atoms with van der Waals surface area (Å²) in [5, 5.41) is 0.434. The summed E-state index contributed by atoms with van der Waals surface area (Å²) < 4.78 is 13.2. The van der Waals surface area contributed by atoms with E-state index in [9.17, 15) is 4.39 Å². The highest BCUT2D eigenvalue weighted by Crippen LogP contribution is 2.33. The Hall–Kier alpha value is -0.600. The number of fused-ring (bicyclic) bond motifs is 1. The third-order valence-corrected chi connectivity index (χ3v) is 2.52. The van der Waals surface area contributed by atoms with E-state index in [4.69, 9.17) is 17.3 Å². The molecule has 1 atom stereocenters. The van der Waals surface area contributed by atoms with Crippen molar-refractivity contribution in [1.29, 1.82) is 0 Å². The predicted octanol–water partition coefficient (Wildman–Crippen LogP) is 2.43. The molecular weight excluding hydrogens is 177 g/mol. The van der Waals surface area contributed by atoms with Crippen LogP contribution < -0.4 is 5.73 Å². The van der Waals surface area contributed by atoms with E-state index >= 15 is 0 Å². The number of rotatable bonds is 0. The Morgan fingerprint density at radius 3 is 3.00 bits per heavy atom. The molecule has 0 radical (unpaired) electrons. The highest BCUT2D eigenvalue weighted by molar-refractivity contribution is 6.30. The first-order chi connectivity index (χ1) is 5.68. The van der Waals surface area contributed by atoms with Crippen molar-refractivity contribution in [3.8, 4) is 0 Å². The van der Waals surface area contributed by atoms with Crippen molar-refractivity contribution in [1.82, 2.24) is 0 Å². The van der Waals surface area contributed by atoms with Gasteiger partial charge in [0, 0.05) is 11.1 Å². The van der Waals surface area contributed by atoms with Crippen LogP contribution in [0.2, 0.25) is 5.02 Å². The summed E-state index contributed by atoms with van der Waals surface area (Å²) in [7, 11) is 0. The molecule has 64 valence electrons. The summed E-state index contributed by atoms with van der Waals surface area (Å²) in [5.74, 6) is -0.217. The minimum absolute atomic E-state index is 0.0341. The van der Waals surface area contributed by atoms with Crippen LogP contribution >= 0.6 is 11.6 Å². The summed E-state index contributed by atoms with van der Waals surface area (Å²) in [6, 6.07) is 3.07. The van der Waals surface area contributed by atoms with Crippen LogP contribution in [-0.4, -0.2) is 0 Å². The molecule has 1 nitrogen and oxygen atoms in total. The number of benzene rings is 1. The van der Waals surface area contributed by atoms with E-state index in [-0.39, 0.29) is 11.9 Å². The molecule has 0 saturated heterocycles. The van der Waals surface area contributed by atoms with Crippen molar-refractivity contribution in [2.24, 2.45) is 5.73 Å². The van der Waals surface area contributed by atoms with Gasteiger partial charge in [-0.3, -0.25) is 0 Å². The van der Waals surface area contributed by atoms with E-state index in [2.05, 4.69) is 0 Å². The molecule has 0 aliphatic heterocycles. The highest BCUT2D eigenvalue weighted by Gasteiger charge is 2.22. The summed E-state index contributed by atoms with van der Waals surface area (Å²) in [4.78, 5) is 0. The van der Waals surface area contributed by atoms with Gasteiger partial charge in [-0.25, -0.2) is 4.39 Å². The Bertz CT molecular complexity index is 325. The zero-order valence-corrected chi connectivity index (χ0v) is 7.24. The van der Waals surface area contributed by atoms with Crippen molar-refractivity contribution in [3.05, 3.63) is 34.1 Å². The number of halogens is 2. The summed E-state index contributed by atoms with van der Waals surface area (Å²) in [5.41, 5.74) is 7.38. The second-order valence-corrected chi connectivity index (χ2v) is 3.54. The largest absolute Gasteiger partial charge is 0.324 e. The maximum atomic E-state index is 13.2. The monoisotopic (exact) mass is 185 g/mol. The maximum Gasteiger partial charge on any atom is 0.128 e. The van der Waals surface area contributed by atoms with Crippen LogP contribution in [0.4, 0.5) is 4.39 Å². The number of hydrogen-bond acceptors (Lipinski definition) is 1. The van der Waals surface area contributed by atoms with Crippen molar-refractivity contribution in [2.75, 3.05) is 0 Å². The van der Waals surface area contributed by atoms with Crippen LogP contribution in [0.15, 0.2) is 12.1 Å². The van der Waals surface area contributed by atoms with Gasteiger partial charge in [0.1, 0.15) is 5.82 Å². The van der Waals surface area contributed by atoms with Crippen LogP contribution in [0, 0.1) is 5.82 Å². The van der Waals surface area contributed by atoms with Gasteiger partial charge >= 0.3 is 0 Å². The topological polar surface area (TPSA) is 26.0 Å². The lowest BCUT2D eigenvalue weighted by atomic mass is 10.1. The molecule has 1 aliphatic carbocycles. The molecule has 1 aromatic rings. The third-order valence-electron chi connectivity index (χ3n) is 2.30. The second-order valence-electron chi connectivity index (χ2n) is 3.10. The molecule has 0 bridgehead atoms. The van der Waals surface area contributed by atoms with Gasteiger partial charge in [-0.15, -0.1) is 0 Å². The molecule has 2 rings (SSSR count). The Balaban J connectivity index is 2.60. The van der Waals surface area contributed by atoms with Gasteiger partial charge in [0.05, 0.1) is 0 Å². The summed E-state index contributed by atoms with van der Waals surface area (Å²) in [6.07, 6.45) is 1.56. The second kappa shape index (κ2) is 2.71. The average Bonchev–Trinajstić information content (AvgIpc) is 2.33. The third kappa shape index (κ3) is 1.11. The fourth-order valence-corrected chi connectivity index (χ4v) is 1.89. The van der Waals surface area contributed by atoms with Crippen LogP contribution in [0.1, 0.15) is 23.6 Å². The molecule has 0 aromatic heterocycles. The quantitative estimate of drug-likeness (QED) is 0.660. The maximum absolute atomic E-state index is 13.2. The predicted molar refractivity (Wildman–Crippen MR) is 46.7 cm³/mol. The van der Waals surface area contributed by atoms with Gasteiger partial charge in [-0.1, -0.05) is 11.6 Å². The zero-order valence-electron chi connectivity index (χ0n) is 6.48. The molecule has 0 unspecified atom stereocenters. The Morgan fingerprint density at radius 2 is 2.25 bits per heavy atom. The van der Waals surface area contributed by atoms with Crippen LogP contribution in [0.5, 0.6) is 0 Å². The lowest BCUT2D eigenvalue weighted by Gasteiger charge is -2.05. The number of hydrogen-bond donors (Lipinski definition) is 1. The lowest BCUT2D eigenvalue weighted by molar-refractivity contribution is 0.612. The van der Waals surface area contributed by atoms with Gasteiger partial charge in [-0.2, -0.15) is 0 Å². The van der Waals surface area contributed by atoms with E-state index in [0.29, 0.717) is 5.02 Å². The Morgan fingerprint density at radius 1 is 1.50 bits per heavy atom. The highest BCUT2D eigenvalue weighted by atomic mass is 35.5. The van der Waals surface area contributed by atoms with E-state index in [1.807, 2.05) is 0 Å². The summed E-state index contributed by atoms with van der Waals surface area (Å²) in [6.45, 7) is 0. The smallest absolute Gasteiger partial charge is 0.128 e. The molecule has 0 heterocycles. The minimum atomic E-state index is -0.217. The zero-order chi connectivity index (χ0) is 8.72. The van der Waals surface area contributed by atoms with Crippen LogP contribution in [0.25, 0.3) is 0 Å². The Kier molecular flexibility index (Phi) is 1.81. The van der Waals surface area contributed by atoms with Gasteiger partial charge < -0.3 is 5.73 Å². The van der Waals surface area contributed by atoms with Crippen molar-refractivity contribution in [2.45, 2.75) is 18.9 Å². The first kappa shape index (κ1) is 8.02. The molecule has 12 heavy (non-hydrogen) atoms. The molecule has 1 aliphatic rings. The van der Waals surface area contributed by atoms with Gasteiger partial charge in [0.25, 0.3) is 0 Å². The SMILES string of the molecule is N[C@H]1CCc2c(F)cc(Cl)cc21. The molecular formula is C9H9ClFN. The normalized spacial score (nSPS) is 21.1. The van der Waals surface area contributed by atoms with E-state index in [1.54, 1.807) is 6.07 Å². The molecule has 2 N–H and O–H groups in total. The van der Waals surface area contributed by atoms with E-state index in [1.165, 1.54) is 6.07 Å². The van der Waals surface area contributed by atoms with Gasteiger partial charge in [-0.05, 0) is 36.1 Å². The van der Waals surface area contributed by atoms with Crippen LogP contribution in [-0.2, 0) is 6.42 Å². The number of nitrogens with two attached hydrogens (primary N) is 1. The molecule has 0 amide bonds. The van der Waals surface area contributed by atoms with Crippen molar-refractivity contribution < 1.29 is 4.39 Å². The minimum Gasteiger partial charge on any atom is -0.324 e.